The van der Waals surface area contributed by atoms with Gasteiger partial charge in [0.1, 0.15) is 0 Å². The van der Waals surface area contributed by atoms with Gasteiger partial charge in [-0.15, -0.1) is 0 Å². The molecule has 1 aromatic rings. The van der Waals surface area contributed by atoms with Gasteiger partial charge in [-0.25, -0.2) is 0 Å². The number of hydrogen-bond acceptors (Lipinski definition) is 2. The van der Waals surface area contributed by atoms with Gasteiger partial charge in [0.2, 0.25) is 0 Å². The molecule has 1 N–H and O–H groups in total. The van der Waals surface area contributed by atoms with Crippen LogP contribution in [0, 0.1) is 5.92 Å². The zero-order valence-electron chi connectivity index (χ0n) is 12.7. The van der Waals surface area contributed by atoms with Crippen LogP contribution < -0.4 is 10.2 Å². The normalized spacial score (nSPS) is 16.4. The highest BCUT2D eigenvalue weighted by atomic mass is 15.1. The third-order valence-corrected chi connectivity index (χ3v) is 4.01. The second-order valence-corrected chi connectivity index (χ2v) is 6.01. The molecule has 1 aliphatic carbocycles. The monoisotopic (exact) mass is 260 g/mol. The number of hydrogen-bond donors (Lipinski definition) is 1. The summed E-state index contributed by atoms with van der Waals surface area (Å²) in [6.45, 7) is 3.35. The van der Waals surface area contributed by atoms with Gasteiger partial charge >= 0.3 is 0 Å². The van der Waals surface area contributed by atoms with Gasteiger partial charge in [0.05, 0.1) is 0 Å². The van der Waals surface area contributed by atoms with Crippen LogP contribution in [0.3, 0.4) is 0 Å². The molecule has 0 aliphatic heterocycles. The Kier molecular flexibility index (Phi) is 5.26. The summed E-state index contributed by atoms with van der Waals surface area (Å²) in [6.07, 6.45) is 6.79. The lowest BCUT2D eigenvalue weighted by atomic mass is 10.00. The molecule has 2 heteroatoms. The Hall–Kier alpha value is -1.02. The quantitative estimate of drug-likeness (QED) is 0.760. The van der Waals surface area contributed by atoms with E-state index in [0.717, 1.165) is 12.5 Å². The Morgan fingerprint density at radius 2 is 1.89 bits per heavy atom. The fourth-order valence-corrected chi connectivity index (χ4v) is 2.52. The van der Waals surface area contributed by atoms with Crippen LogP contribution in [0.1, 0.15) is 50.6 Å². The molecule has 19 heavy (non-hydrogen) atoms. The van der Waals surface area contributed by atoms with E-state index in [4.69, 9.17) is 0 Å². The van der Waals surface area contributed by atoms with Gasteiger partial charge in [-0.2, -0.15) is 0 Å². The average Bonchev–Trinajstić information content (AvgIpc) is 3.23. The third-order valence-electron chi connectivity index (χ3n) is 4.01. The molecule has 106 valence electrons. The molecule has 0 amide bonds. The first-order chi connectivity index (χ1) is 9.20. The van der Waals surface area contributed by atoms with Gasteiger partial charge in [-0.1, -0.05) is 31.9 Å². The van der Waals surface area contributed by atoms with E-state index in [9.17, 15) is 0 Å². The Balaban J connectivity index is 1.97. The van der Waals surface area contributed by atoms with Crippen molar-refractivity contribution in [1.82, 2.24) is 5.32 Å². The number of benzene rings is 1. The number of nitrogens with one attached hydrogen (secondary N) is 1. The van der Waals surface area contributed by atoms with Crippen LogP contribution in [0.25, 0.3) is 0 Å². The molecule has 1 saturated carbocycles. The summed E-state index contributed by atoms with van der Waals surface area (Å²) in [5, 5.41) is 3.70. The van der Waals surface area contributed by atoms with Crippen molar-refractivity contribution in [2.24, 2.45) is 5.92 Å². The summed E-state index contributed by atoms with van der Waals surface area (Å²) in [6, 6.07) is 9.57. The molecule has 1 atom stereocenters. The van der Waals surface area contributed by atoms with Crippen LogP contribution >= 0.6 is 0 Å². The van der Waals surface area contributed by atoms with E-state index in [-0.39, 0.29) is 0 Å². The molecule has 1 aliphatic rings. The van der Waals surface area contributed by atoms with E-state index in [2.05, 4.69) is 55.5 Å². The molecule has 0 heterocycles. The smallest absolute Gasteiger partial charge is 0.0361 e. The minimum atomic E-state index is 0.539. The first kappa shape index (κ1) is 14.4. The van der Waals surface area contributed by atoms with Gasteiger partial charge in [0.25, 0.3) is 0 Å². The van der Waals surface area contributed by atoms with E-state index in [1.165, 1.54) is 43.4 Å². The molecule has 0 aromatic heterocycles. The lowest BCUT2D eigenvalue weighted by molar-refractivity contribution is 0.470. The standard InChI is InChI=1S/C17H28N2/c1-4-13-18-17(12-7-14-5-6-14)15-8-10-16(11-9-15)19(2)3/h8-11,14,17-18H,4-7,12-13H2,1-3H3. The van der Waals surface area contributed by atoms with Gasteiger partial charge in [-0.3, -0.25) is 0 Å². The molecule has 0 radical (unpaired) electrons. The maximum atomic E-state index is 3.70. The van der Waals surface area contributed by atoms with Gasteiger partial charge < -0.3 is 10.2 Å². The van der Waals surface area contributed by atoms with Crippen molar-refractivity contribution in [2.75, 3.05) is 25.5 Å². The van der Waals surface area contributed by atoms with E-state index in [1.807, 2.05) is 0 Å². The summed E-state index contributed by atoms with van der Waals surface area (Å²) >= 11 is 0. The summed E-state index contributed by atoms with van der Waals surface area (Å²) in [5.41, 5.74) is 2.72. The zero-order chi connectivity index (χ0) is 13.7. The number of nitrogens with zero attached hydrogens (tertiary/aromatic N) is 1. The predicted molar refractivity (Wildman–Crippen MR) is 83.8 cm³/mol. The lowest BCUT2D eigenvalue weighted by Gasteiger charge is -2.20. The number of rotatable bonds is 8. The van der Waals surface area contributed by atoms with Crippen molar-refractivity contribution in [3.05, 3.63) is 29.8 Å². The molecule has 0 bridgehead atoms. The first-order valence-electron chi connectivity index (χ1n) is 7.71. The summed E-state index contributed by atoms with van der Waals surface area (Å²) in [4.78, 5) is 2.16. The fourth-order valence-electron chi connectivity index (χ4n) is 2.52. The largest absolute Gasteiger partial charge is 0.378 e. The Bertz CT molecular complexity index is 365. The molecule has 2 rings (SSSR count). The van der Waals surface area contributed by atoms with Gasteiger partial charge in [0.15, 0.2) is 0 Å². The van der Waals surface area contributed by atoms with Crippen LogP contribution in [-0.4, -0.2) is 20.6 Å². The van der Waals surface area contributed by atoms with E-state index in [0.29, 0.717) is 6.04 Å². The topological polar surface area (TPSA) is 15.3 Å². The molecule has 2 nitrogen and oxygen atoms in total. The Morgan fingerprint density at radius 3 is 2.42 bits per heavy atom. The maximum absolute atomic E-state index is 3.70. The summed E-state index contributed by atoms with van der Waals surface area (Å²) < 4.78 is 0. The molecule has 0 saturated heterocycles. The van der Waals surface area contributed by atoms with Crippen molar-refractivity contribution in [3.63, 3.8) is 0 Å². The van der Waals surface area contributed by atoms with Crippen molar-refractivity contribution in [1.29, 1.82) is 0 Å². The minimum absolute atomic E-state index is 0.539. The van der Waals surface area contributed by atoms with Gasteiger partial charge in [-0.05, 0) is 49.4 Å². The number of anilines is 1. The van der Waals surface area contributed by atoms with Crippen molar-refractivity contribution in [3.8, 4) is 0 Å². The zero-order valence-corrected chi connectivity index (χ0v) is 12.7. The van der Waals surface area contributed by atoms with Crippen molar-refractivity contribution >= 4 is 5.69 Å². The Morgan fingerprint density at radius 1 is 1.21 bits per heavy atom. The third kappa shape index (κ3) is 4.54. The second kappa shape index (κ2) is 6.95. The second-order valence-electron chi connectivity index (χ2n) is 6.01. The highest BCUT2D eigenvalue weighted by Crippen LogP contribution is 2.36. The van der Waals surface area contributed by atoms with E-state index < -0.39 is 0 Å². The van der Waals surface area contributed by atoms with Crippen molar-refractivity contribution < 1.29 is 0 Å². The predicted octanol–water partition coefficient (Wildman–Crippen LogP) is 3.98. The SMILES string of the molecule is CCCNC(CCC1CC1)c1ccc(N(C)C)cc1. The fraction of sp³-hybridized carbons (Fsp3) is 0.647. The maximum Gasteiger partial charge on any atom is 0.0361 e. The molecule has 0 spiro atoms. The molecule has 1 fully saturated rings. The molecular formula is C17H28N2. The van der Waals surface area contributed by atoms with Crippen LogP contribution in [0.4, 0.5) is 5.69 Å². The van der Waals surface area contributed by atoms with Crippen LogP contribution in [-0.2, 0) is 0 Å². The summed E-state index contributed by atoms with van der Waals surface area (Å²) in [7, 11) is 4.18. The highest BCUT2D eigenvalue weighted by Gasteiger charge is 2.22. The van der Waals surface area contributed by atoms with Crippen LogP contribution in [0.5, 0.6) is 0 Å². The molecule has 1 aromatic carbocycles. The van der Waals surface area contributed by atoms with Crippen molar-refractivity contribution in [2.45, 2.75) is 45.1 Å². The average molecular weight is 260 g/mol. The van der Waals surface area contributed by atoms with E-state index in [1.54, 1.807) is 0 Å². The molecular weight excluding hydrogens is 232 g/mol. The Labute approximate surface area is 118 Å². The minimum Gasteiger partial charge on any atom is -0.378 e. The first-order valence-corrected chi connectivity index (χ1v) is 7.71. The van der Waals surface area contributed by atoms with E-state index >= 15 is 0 Å². The summed E-state index contributed by atoms with van der Waals surface area (Å²) in [5.74, 6) is 1.02. The van der Waals surface area contributed by atoms with Gasteiger partial charge in [0, 0.05) is 25.8 Å². The lowest BCUT2D eigenvalue weighted by Crippen LogP contribution is -2.22. The molecule has 1 unspecified atom stereocenters. The van der Waals surface area contributed by atoms with Crippen LogP contribution in [0.15, 0.2) is 24.3 Å². The highest BCUT2D eigenvalue weighted by molar-refractivity contribution is 5.46. The van der Waals surface area contributed by atoms with Crippen LogP contribution in [0.2, 0.25) is 0 Å².